The van der Waals surface area contributed by atoms with Crippen molar-refractivity contribution >= 4 is 222 Å². The minimum Gasteiger partial charge on any atom is -1.00 e. The Morgan fingerprint density at radius 2 is 0.540 bits per heavy atom. The molecule has 0 aliphatic heterocycles. The molecule has 15 rings (SSSR count). The Bertz CT molecular complexity index is 5950. The van der Waals surface area contributed by atoms with Crippen molar-refractivity contribution in [1.29, 1.82) is 0 Å². The van der Waals surface area contributed by atoms with E-state index in [2.05, 4.69) is 109 Å². The van der Waals surface area contributed by atoms with Crippen LogP contribution in [0.3, 0.4) is 0 Å². The average Bonchev–Trinajstić information content (AvgIpc) is 1.68. The van der Waals surface area contributed by atoms with Gasteiger partial charge in [-0.1, -0.05) is 7.43 Å². The summed E-state index contributed by atoms with van der Waals surface area (Å²) < 4.78 is 116. The number of phenolic OH excluding ortho intramolecular Hbond substituents is 1. The minimum atomic E-state index is -3.53. The second kappa shape index (κ2) is 42.1. The molecular weight excluding hydrogens is 1970 g/mol. The number of phenols is 1. The van der Waals surface area contributed by atoms with Gasteiger partial charge in [0.25, 0.3) is 0 Å². The molecule has 0 fully saturated rings. The quantitative estimate of drug-likeness (QED) is 0.0264. The smallest absolute Gasteiger partial charge is 1.00 e. The zero-order chi connectivity index (χ0) is 77.2. The maximum atomic E-state index is 11.2. The summed E-state index contributed by atoms with van der Waals surface area (Å²) >= 11 is 12.1. The molecule has 0 radical (unpaired) electrons. The Labute approximate surface area is 764 Å². The van der Waals surface area contributed by atoms with Crippen LogP contribution in [0.4, 0.5) is 28.4 Å². The van der Waals surface area contributed by atoms with E-state index in [-0.39, 0.29) is 102 Å². The number of anilines is 5. The SMILES string of the molecule is C.CNc1ccc(-c2nc3ccc(O)cc3s2)cc1.CNc1ccc(-c2nc3ccc(OS(C)(=O)=O)cc3s2)cc1.CNc1ccc(-c2nc3ccc(OS(C)(=O)=O)cc3s2)cc1.CNc1ccc(-c2nc3ccc(OS(C)(=O)=O)cc3s2)cc1[125I].CNc1ccc(-c2nc3ccc(OS(C)(=O)=O)cc3s2)cc1[125I].[125I-].[Na+].[Na+].[OH-]. The predicted octanol–water partition coefficient (Wildman–Crippen LogP) is 9.76. The van der Waals surface area contributed by atoms with Gasteiger partial charge in [-0.15, -0.1) is 56.7 Å². The van der Waals surface area contributed by atoms with E-state index in [1.54, 1.807) is 96.3 Å². The third-order valence-electron chi connectivity index (χ3n) is 15.0. The number of nitrogens with one attached hydrogen (secondary N) is 5. The van der Waals surface area contributed by atoms with Crippen molar-refractivity contribution < 1.29 is 144 Å². The number of aromatic nitrogens is 5. The molecule has 0 spiro atoms. The fraction of sp³-hybridized carbons (Fsp3) is 0.133. The first-order valence-corrected chi connectivity index (χ1v) is 45.5. The van der Waals surface area contributed by atoms with Crippen LogP contribution in [0.15, 0.2) is 200 Å². The number of fused-ring (bicyclic) bond motifs is 5. The topological polar surface area (TPSA) is 348 Å². The minimum absolute atomic E-state index is 0. The molecule has 38 heteroatoms. The molecule has 7 N–H and O–H groups in total. The largest absolute Gasteiger partial charge is 1.00 e. The van der Waals surface area contributed by atoms with Crippen LogP contribution in [0.5, 0.6) is 28.7 Å². The normalized spacial score (nSPS) is 10.9. The van der Waals surface area contributed by atoms with Gasteiger partial charge in [-0.05, 0) is 221 Å². The second-order valence-electron chi connectivity index (χ2n) is 23.3. The molecule has 582 valence electrons. The van der Waals surface area contributed by atoms with Crippen LogP contribution in [0.2, 0.25) is 0 Å². The van der Waals surface area contributed by atoms with Gasteiger partial charge in [-0.25, -0.2) is 24.9 Å². The van der Waals surface area contributed by atoms with E-state index in [0.29, 0.717) is 23.0 Å². The number of benzene rings is 10. The van der Waals surface area contributed by atoms with Crippen LogP contribution in [-0.2, 0) is 40.5 Å². The molecule has 0 bridgehead atoms. The molecule has 113 heavy (non-hydrogen) atoms. The Morgan fingerprint density at radius 1 is 0.319 bits per heavy atom. The summed E-state index contributed by atoms with van der Waals surface area (Å²) in [6.45, 7) is 0. The first-order valence-electron chi connectivity index (χ1n) is 32.0. The average molecular weight is 2050 g/mol. The Morgan fingerprint density at radius 3 is 0.761 bits per heavy atom. The zero-order valence-electron chi connectivity index (χ0n) is 61.4. The summed E-state index contributed by atoms with van der Waals surface area (Å²) in [5.41, 5.74) is 14.7. The van der Waals surface area contributed by atoms with Gasteiger partial charge in [-0.3, -0.25) is 0 Å². The van der Waals surface area contributed by atoms with E-state index < -0.39 is 40.5 Å². The van der Waals surface area contributed by atoms with Crippen LogP contribution in [0, 0.1) is 7.14 Å². The van der Waals surface area contributed by atoms with Crippen molar-refractivity contribution in [1.82, 2.24) is 24.9 Å². The van der Waals surface area contributed by atoms with Gasteiger partial charge >= 0.3 is 99.6 Å². The third-order valence-corrected chi connectivity index (χ3v) is 24.1. The van der Waals surface area contributed by atoms with Gasteiger partial charge < -0.3 is 77.9 Å². The molecule has 0 aliphatic rings. The number of nitrogens with zero attached hydrogens (tertiary/aromatic N) is 5. The van der Waals surface area contributed by atoms with Crippen molar-refractivity contribution in [2.45, 2.75) is 7.43 Å². The zero-order valence-corrected chi connectivity index (χ0v) is 79.2. The second-order valence-corrected chi connectivity index (χ2v) is 37.1. The van der Waals surface area contributed by atoms with Crippen LogP contribution in [0.1, 0.15) is 7.43 Å². The van der Waals surface area contributed by atoms with E-state index >= 15 is 0 Å². The van der Waals surface area contributed by atoms with Crippen molar-refractivity contribution in [3.05, 3.63) is 207 Å². The molecule has 0 amide bonds. The Hall–Kier alpha value is -6.40. The van der Waals surface area contributed by atoms with Crippen LogP contribution in [-0.4, -0.2) is 129 Å². The Balaban J connectivity index is 0.000000218. The molecule has 5 aromatic heterocycles. The number of aromatic hydroxyl groups is 1. The fourth-order valence-electron chi connectivity index (χ4n) is 10.1. The van der Waals surface area contributed by atoms with E-state index in [0.717, 1.165) is 165 Å². The summed E-state index contributed by atoms with van der Waals surface area (Å²) in [6.07, 6.45) is 4.11. The molecule has 0 saturated carbocycles. The number of rotatable bonds is 18. The standard InChI is InChI=1S/2C15H13IN2O3S2.2C15H14N2O3S2.C14H12N2OS.CH4.HI.2Na.H2O/c2*1-17-12-5-3-9(7-11(12)16)15-18-13-6-4-10(8-14(13)22-15)21-23(2,19)20;2*1-16-11-5-3-10(4-6-11)15-17-13-8-7-12(9-14(13)21-15)20-22(2,18)19;1-15-10-4-2-9(3-5-10)14-16-12-7-6-11(17)8-13(12)18-14;;;;;/h2*3-8,17H,1-2H3;2*3-9,16H,1-2H3;2-8,15,17H,1H3;1H4;1H;;;1H2/q;;;;;;;2*+1;/p-2/i2*16-2;;;;;1-2;;;. The molecule has 0 aliphatic carbocycles. The van der Waals surface area contributed by atoms with Gasteiger partial charge in [0.1, 0.15) is 53.8 Å². The Kier molecular flexibility index (Phi) is 35.6. The van der Waals surface area contributed by atoms with Crippen molar-refractivity contribution in [3.8, 4) is 81.6 Å². The van der Waals surface area contributed by atoms with Crippen LogP contribution >= 0.6 is 102 Å². The number of thiazole rings is 5. The summed E-state index contributed by atoms with van der Waals surface area (Å²) in [5.74, 6) is 1.49. The molecule has 0 unspecified atom stereocenters. The van der Waals surface area contributed by atoms with Crippen molar-refractivity contribution in [2.24, 2.45) is 0 Å². The van der Waals surface area contributed by atoms with Gasteiger partial charge in [0.15, 0.2) is 0 Å². The van der Waals surface area contributed by atoms with E-state index in [4.69, 9.17) is 16.7 Å². The first kappa shape index (κ1) is 95.4. The van der Waals surface area contributed by atoms with Gasteiger partial charge in [-0.2, -0.15) is 33.7 Å². The summed E-state index contributed by atoms with van der Waals surface area (Å²) in [6, 6.07) is 61.8. The van der Waals surface area contributed by atoms with Gasteiger partial charge in [0.2, 0.25) is 0 Å². The molecule has 15 aromatic rings. The summed E-state index contributed by atoms with van der Waals surface area (Å²) in [7, 11) is -4.69. The monoisotopic (exact) mass is 2040 g/mol. The van der Waals surface area contributed by atoms with Gasteiger partial charge in [0.05, 0.1) is 76.1 Å². The van der Waals surface area contributed by atoms with Crippen molar-refractivity contribution in [3.63, 3.8) is 0 Å². The molecule has 24 nitrogen and oxygen atoms in total. The maximum absolute atomic E-state index is 11.2. The molecular formula is C75H71I3N10Na2O14S9. The maximum Gasteiger partial charge on any atom is 1.00 e. The van der Waals surface area contributed by atoms with E-state index in [1.165, 1.54) is 45.3 Å². The van der Waals surface area contributed by atoms with Gasteiger partial charge in [0, 0.05) is 123 Å². The predicted molar refractivity (Wildman–Crippen MR) is 471 cm³/mol. The number of hydrogen-bond donors (Lipinski definition) is 6. The fourth-order valence-corrected chi connectivity index (χ4v) is 18.5. The third kappa shape index (κ3) is 27.1. The van der Waals surface area contributed by atoms with E-state index in [1.807, 2.05) is 138 Å². The number of halogens is 3. The molecule has 0 atom stereocenters. The van der Waals surface area contributed by atoms with Crippen LogP contribution < -0.4 is 126 Å². The summed E-state index contributed by atoms with van der Waals surface area (Å²) in [5, 5.41) is 29.5. The summed E-state index contributed by atoms with van der Waals surface area (Å²) in [4.78, 5) is 22.9. The van der Waals surface area contributed by atoms with Crippen LogP contribution in [0.25, 0.3) is 104 Å². The molecule has 0 saturated heterocycles. The first-order chi connectivity index (χ1) is 51.4. The molecule has 10 aromatic carbocycles. The van der Waals surface area contributed by atoms with E-state index in [9.17, 15) is 38.8 Å². The molecule has 5 heterocycles. The van der Waals surface area contributed by atoms with Crippen molar-refractivity contribution in [2.75, 3.05) is 86.8 Å². The number of hydrogen-bond acceptors (Lipinski definition) is 29.